The lowest BCUT2D eigenvalue weighted by Crippen LogP contribution is -2.56. The van der Waals surface area contributed by atoms with E-state index in [4.69, 9.17) is 17.9 Å². The summed E-state index contributed by atoms with van der Waals surface area (Å²) in [7, 11) is 0. The van der Waals surface area contributed by atoms with Crippen molar-refractivity contribution >= 4 is 22.6 Å². The van der Waals surface area contributed by atoms with E-state index in [1.54, 1.807) is 12.3 Å². The van der Waals surface area contributed by atoms with Crippen LogP contribution in [0.5, 0.6) is 5.88 Å². The van der Waals surface area contributed by atoms with Crippen LogP contribution < -0.4 is 10.1 Å². The Morgan fingerprint density at radius 3 is 2.67 bits per heavy atom. The third kappa shape index (κ3) is 4.23. The molecule has 11 heteroatoms. The maximum Gasteiger partial charge on any atom is 0.335 e. The van der Waals surface area contributed by atoms with Gasteiger partial charge in [0.1, 0.15) is 29.3 Å². The fourth-order valence-corrected chi connectivity index (χ4v) is 3.92. The fraction of sp³-hybridized carbons (Fsp3) is 0.421. The van der Waals surface area contributed by atoms with Gasteiger partial charge in [0.15, 0.2) is 5.65 Å². The molecule has 2 aliphatic heterocycles. The van der Waals surface area contributed by atoms with Crippen molar-refractivity contribution < 1.29 is 22.3 Å². The molecule has 5 rings (SSSR count). The highest BCUT2D eigenvalue weighted by Crippen LogP contribution is 2.28. The van der Waals surface area contributed by atoms with Crippen LogP contribution in [0.1, 0.15) is 18.4 Å². The molecule has 1 aromatic carbocycles. The van der Waals surface area contributed by atoms with Crippen LogP contribution in [0.3, 0.4) is 0 Å². The molecule has 1 N–H and O–H groups in total. The van der Waals surface area contributed by atoms with Gasteiger partial charge in [-0.05, 0) is 24.6 Å². The van der Waals surface area contributed by atoms with Crippen LogP contribution in [0.15, 0.2) is 30.7 Å². The number of piperidine rings is 1. The number of rotatable bonds is 3. The Kier molecular flexibility index (Phi) is 6.11. The van der Waals surface area contributed by atoms with Crippen molar-refractivity contribution in [2.24, 2.45) is 0 Å². The second-order valence-electron chi connectivity index (χ2n) is 7.30. The number of aryl methyl sites for hydroxylation is 1. The Morgan fingerprint density at radius 2 is 1.97 bits per heavy atom. The molecule has 9 nitrogen and oxygen atoms in total. The summed E-state index contributed by atoms with van der Waals surface area (Å²) < 4.78 is 44.3. The zero-order chi connectivity index (χ0) is 21.1. The highest BCUT2D eigenvalue weighted by atomic mass is 32.1. The van der Waals surface area contributed by atoms with Gasteiger partial charge in [0.2, 0.25) is 5.88 Å². The number of ether oxygens (including phenoxy) is 2. The van der Waals surface area contributed by atoms with E-state index in [0.717, 1.165) is 18.4 Å². The van der Waals surface area contributed by atoms with Crippen molar-refractivity contribution in [1.29, 1.82) is 0 Å². The molecule has 158 valence electrons. The molecule has 2 aromatic heterocycles. The van der Waals surface area contributed by atoms with Crippen LogP contribution in [0, 0.1) is 12.7 Å². The van der Waals surface area contributed by atoms with E-state index in [-0.39, 0.29) is 11.9 Å². The molecule has 4 heterocycles. The molecule has 0 amide bonds. The second-order valence-corrected chi connectivity index (χ2v) is 7.44. The number of benzene rings is 1. The minimum atomic E-state index is -0.750. The van der Waals surface area contributed by atoms with Crippen molar-refractivity contribution in [3.05, 3.63) is 42.1 Å². The average Bonchev–Trinajstić information content (AvgIpc) is 3.13. The molecule has 2 aliphatic rings. The van der Waals surface area contributed by atoms with Gasteiger partial charge in [-0.3, -0.25) is 0 Å². The highest BCUT2D eigenvalue weighted by molar-refractivity contribution is 7.51. The summed E-state index contributed by atoms with van der Waals surface area (Å²) in [5, 5.41) is 8.55. The summed E-state index contributed by atoms with van der Waals surface area (Å²) in [6, 6.07) is 5.65. The van der Waals surface area contributed by atoms with E-state index in [9.17, 15) is 4.39 Å². The van der Waals surface area contributed by atoms with Crippen molar-refractivity contribution in [3.63, 3.8) is 0 Å². The second kappa shape index (κ2) is 8.94. The van der Waals surface area contributed by atoms with Gasteiger partial charge in [0.05, 0.1) is 19.4 Å². The molecule has 0 aliphatic carbocycles. The molecule has 2 bridgehead atoms. The SMILES string of the molecule is Cc1ccc(-n2ncc3c(OC4CC5COCC(C4)N5)ncnc32)c(F)c1.O=S=O. The van der Waals surface area contributed by atoms with Gasteiger partial charge in [-0.2, -0.15) is 13.5 Å². The zero-order valence-electron chi connectivity index (χ0n) is 16.2. The number of halogens is 1. The topological polar surface area (TPSA) is 108 Å². The first-order valence-electron chi connectivity index (χ1n) is 9.46. The summed E-state index contributed by atoms with van der Waals surface area (Å²) in [6.45, 7) is 3.27. The van der Waals surface area contributed by atoms with E-state index in [1.165, 1.54) is 17.1 Å². The summed E-state index contributed by atoms with van der Waals surface area (Å²) >= 11 is -0.750. The first-order chi connectivity index (χ1) is 14.6. The highest BCUT2D eigenvalue weighted by Gasteiger charge is 2.33. The number of nitrogens with one attached hydrogen (secondary N) is 1. The number of morpholine rings is 1. The van der Waals surface area contributed by atoms with Crippen LogP contribution in [0.4, 0.5) is 4.39 Å². The lowest BCUT2D eigenvalue weighted by atomic mass is 9.95. The number of fused-ring (bicyclic) bond motifs is 3. The number of hydrogen-bond donors (Lipinski definition) is 1. The molecule has 3 aromatic rings. The normalized spacial score (nSPS) is 22.8. The standard InChI is InChI=1S/C19H20FN5O2.O2S/c1-11-2-3-17(16(20)4-11)25-18-15(7-23-25)19(22-10-21-18)27-14-5-12-8-26-9-13(6-14)24-12;1-3-2/h2-4,7,10,12-14,24H,5-6,8-9H2,1H3;. The summed E-state index contributed by atoms with van der Waals surface area (Å²) in [5.74, 6) is 0.150. The maximum absolute atomic E-state index is 14.4. The minimum Gasteiger partial charge on any atom is -0.474 e. The Hall–Kier alpha value is -2.76. The smallest absolute Gasteiger partial charge is 0.335 e. The number of nitrogens with zero attached hydrogens (tertiary/aromatic N) is 4. The Labute approximate surface area is 175 Å². The predicted octanol–water partition coefficient (Wildman–Crippen LogP) is 1.49. The molecule has 2 fully saturated rings. The Morgan fingerprint density at radius 1 is 1.23 bits per heavy atom. The molecule has 0 saturated carbocycles. The van der Waals surface area contributed by atoms with Gasteiger partial charge in [-0.15, -0.1) is 0 Å². The molecular formula is C19H20FN5O4S. The van der Waals surface area contributed by atoms with Crippen molar-refractivity contribution in [2.75, 3.05) is 13.2 Å². The third-order valence-electron chi connectivity index (χ3n) is 5.14. The lowest BCUT2D eigenvalue weighted by Gasteiger charge is -2.39. The number of hydrogen-bond acceptors (Lipinski definition) is 8. The van der Waals surface area contributed by atoms with Crippen molar-refractivity contribution in [3.8, 4) is 11.6 Å². The predicted molar refractivity (Wildman–Crippen MR) is 105 cm³/mol. The Balaban J connectivity index is 0.000000687. The van der Waals surface area contributed by atoms with Crippen molar-refractivity contribution in [2.45, 2.75) is 38.0 Å². The molecule has 0 spiro atoms. The quantitative estimate of drug-likeness (QED) is 0.662. The molecule has 2 atom stereocenters. The average molecular weight is 433 g/mol. The number of aromatic nitrogens is 4. The van der Waals surface area contributed by atoms with Crippen LogP contribution in [-0.2, 0) is 16.3 Å². The largest absolute Gasteiger partial charge is 0.474 e. The summed E-state index contributed by atoms with van der Waals surface area (Å²) in [4.78, 5) is 8.61. The van der Waals surface area contributed by atoms with E-state index in [1.807, 2.05) is 13.0 Å². The van der Waals surface area contributed by atoms with Gasteiger partial charge < -0.3 is 14.8 Å². The first kappa shape index (κ1) is 20.5. The third-order valence-corrected chi connectivity index (χ3v) is 5.14. The molecule has 2 unspecified atom stereocenters. The van der Waals surface area contributed by atoms with Crippen LogP contribution in [-0.4, -0.2) is 59.6 Å². The van der Waals surface area contributed by atoms with E-state index in [2.05, 4.69) is 20.4 Å². The molecule has 2 saturated heterocycles. The minimum absolute atomic E-state index is 0.0581. The zero-order valence-corrected chi connectivity index (χ0v) is 17.0. The summed E-state index contributed by atoms with van der Waals surface area (Å²) in [5.41, 5.74) is 1.74. The van der Waals surface area contributed by atoms with Gasteiger partial charge >= 0.3 is 11.6 Å². The van der Waals surface area contributed by atoms with E-state index >= 15 is 0 Å². The van der Waals surface area contributed by atoms with Crippen molar-refractivity contribution in [1.82, 2.24) is 25.1 Å². The van der Waals surface area contributed by atoms with Gasteiger partial charge in [-0.1, -0.05) is 6.07 Å². The van der Waals surface area contributed by atoms with Crippen LogP contribution in [0.25, 0.3) is 16.7 Å². The van der Waals surface area contributed by atoms with Gasteiger partial charge in [0.25, 0.3) is 0 Å². The molecule has 0 radical (unpaired) electrons. The fourth-order valence-electron chi connectivity index (χ4n) is 3.92. The maximum atomic E-state index is 14.4. The monoisotopic (exact) mass is 433 g/mol. The molecule has 30 heavy (non-hydrogen) atoms. The Bertz CT molecular complexity index is 1080. The molecular weight excluding hydrogens is 413 g/mol. The van der Waals surface area contributed by atoms with Gasteiger partial charge in [0, 0.05) is 24.9 Å². The van der Waals surface area contributed by atoms with Crippen LogP contribution in [0.2, 0.25) is 0 Å². The first-order valence-corrected chi connectivity index (χ1v) is 10.1. The lowest BCUT2D eigenvalue weighted by molar-refractivity contribution is -0.0128. The van der Waals surface area contributed by atoms with Gasteiger partial charge in [-0.25, -0.2) is 19.0 Å². The summed E-state index contributed by atoms with van der Waals surface area (Å²) in [6.07, 6.45) is 4.86. The van der Waals surface area contributed by atoms with E-state index in [0.29, 0.717) is 47.9 Å². The van der Waals surface area contributed by atoms with E-state index < -0.39 is 11.6 Å². The van der Waals surface area contributed by atoms with Crippen LogP contribution >= 0.6 is 0 Å².